The Morgan fingerprint density at radius 2 is 2.00 bits per heavy atom. The van der Waals surface area contributed by atoms with Gasteiger partial charge < -0.3 is 0 Å². The summed E-state index contributed by atoms with van der Waals surface area (Å²) in [5, 5.41) is 7.84. The molecule has 0 bridgehead atoms. The molecule has 0 radical (unpaired) electrons. The average Bonchev–Trinajstić information content (AvgIpc) is 2.81. The zero-order chi connectivity index (χ0) is 14.9. The topological polar surface area (TPSA) is 30.7 Å². The summed E-state index contributed by atoms with van der Waals surface area (Å²) >= 11 is 5.78. The molecule has 7 heteroatoms. The van der Waals surface area contributed by atoms with E-state index in [1.54, 1.807) is 6.07 Å². The minimum absolute atomic E-state index is 0.0493. The number of hydrogen-bond acceptors (Lipinski definition) is 2. The number of nitrogens with zero attached hydrogens (tertiary/aromatic N) is 3. The lowest BCUT2D eigenvalue weighted by atomic mass is 10.1. The van der Waals surface area contributed by atoms with Crippen molar-refractivity contribution in [1.29, 1.82) is 0 Å². The molecule has 0 aliphatic carbocycles. The minimum atomic E-state index is -4.39. The van der Waals surface area contributed by atoms with Gasteiger partial charge in [-0.05, 0) is 24.1 Å². The van der Waals surface area contributed by atoms with Crippen LogP contribution in [0, 0.1) is 0 Å². The van der Waals surface area contributed by atoms with E-state index in [0.717, 1.165) is 17.8 Å². The van der Waals surface area contributed by atoms with Gasteiger partial charge in [0.1, 0.15) is 5.69 Å². The van der Waals surface area contributed by atoms with Crippen LogP contribution >= 0.6 is 11.6 Å². The summed E-state index contributed by atoms with van der Waals surface area (Å²) in [7, 11) is 0. The normalized spacial score (nSPS) is 12.2. The Morgan fingerprint density at radius 3 is 2.55 bits per heavy atom. The van der Waals surface area contributed by atoms with Crippen LogP contribution in [0.15, 0.2) is 24.3 Å². The van der Waals surface area contributed by atoms with Crippen molar-refractivity contribution >= 4 is 11.6 Å². The summed E-state index contributed by atoms with van der Waals surface area (Å²) in [6, 6.07) is 4.99. The average molecular weight is 304 g/mol. The van der Waals surface area contributed by atoms with Crippen LogP contribution in [0.1, 0.15) is 36.7 Å². The van der Waals surface area contributed by atoms with E-state index in [9.17, 15) is 13.2 Å². The summed E-state index contributed by atoms with van der Waals surface area (Å²) in [6.07, 6.45) is -4.39. The Labute approximate surface area is 119 Å². The molecule has 3 nitrogen and oxygen atoms in total. The first-order valence-corrected chi connectivity index (χ1v) is 6.56. The molecule has 2 aromatic rings. The third-order valence-electron chi connectivity index (χ3n) is 2.87. The molecule has 0 aliphatic heterocycles. The number of benzene rings is 1. The lowest BCUT2D eigenvalue weighted by molar-refractivity contribution is -0.137. The Morgan fingerprint density at radius 1 is 1.30 bits per heavy atom. The molecule has 1 heterocycles. The van der Waals surface area contributed by atoms with Gasteiger partial charge in [-0.3, -0.25) is 0 Å². The van der Waals surface area contributed by atoms with Gasteiger partial charge in [0.2, 0.25) is 0 Å². The first-order valence-electron chi connectivity index (χ1n) is 6.02. The second-order valence-corrected chi connectivity index (χ2v) is 4.94. The molecule has 0 spiro atoms. The number of alkyl halides is 4. The second kappa shape index (κ2) is 5.44. The molecule has 0 fully saturated rings. The van der Waals surface area contributed by atoms with E-state index in [4.69, 9.17) is 11.6 Å². The molecule has 0 N–H and O–H groups in total. The molecule has 0 saturated heterocycles. The SMILES string of the molecule is CC(C)c1c(CCl)nnn1-c1cccc(C(F)(F)F)c1. The zero-order valence-electron chi connectivity index (χ0n) is 10.9. The highest BCUT2D eigenvalue weighted by atomic mass is 35.5. The van der Waals surface area contributed by atoms with Crippen LogP contribution in [-0.4, -0.2) is 15.0 Å². The highest BCUT2D eigenvalue weighted by Crippen LogP contribution is 2.31. The molecule has 1 aromatic heterocycles. The van der Waals surface area contributed by atoms with Crippen molar-refractivity contribution in [1.82, 2.24) is 15.0 Å². The zero-order valence-corrected chi connectivity index (χ0v) is 11.7. The van der Waals surface area contributed by atoms with Crippen molar-refractivity contribution in [3.05, 3.63) is 41.2 Å². The van der Waals surface area contributed by atoms with Gasteiger partial charge in [0.15, 0.2) is 0 Å². The van der Waals surface area contributed by atoms with Crippen molar-refractivity contribution in [2.75, 3.05) is 0 Å². The van der Waals surface area contributed by atoms with E-state index in [-0.39, 0.29) is 11.8 Å². The molecule has 0 amide bonds. The summed E-state index contributed by atoms with van der Waals surface area (Å²) in [5.74, 6) is 0.222. The maximum absolute atomic E-state index is 12.7. The standard InChI is InChI=1S/C13H13ClF3N3/c1-8(2)12-11(7-14)18-19-20(12)10-5-3-4-9(6-10)13(15,16)17/h3-6,8H,7H2,1-2H3. The molecule has 2 rings (SSSR count). The predicted molar refractivity (Wildman–Crippen MR) is 70.0 cm³/mol. The number of halogens is 4. The maximum Gasteiger partial charge on any atom is 0.416 e. The smallest absolute Gasteiger partial charge is 0.217 e. The third kappa shape index (κ3) is 2.80. The Hall–Kier alpha value is -1.56. The monoisotopic (exact) mass is 303 g/mol. The van der Waals surface area contributed by atoms with E-state index < -0.39 is 11.7 Å². The molecule has 20 heavy (non-hydrogen) atoms. The molecule has 0 aliphatic rings. The first kappa shape index (κ1) is 14.8. The molecule has 1 aromatic carbocycles. The van der Waals surface area contributed by atoms with Crippen LogP contribution < -0.4 is 0 Å². The predicted octanol–water partition coefficient (Wildman–Crippen LogP) is 4.15. The fourth-order valence-electron chi connectivity index (χ4n) is 2.00. The molecule has 108 valence electrons. The van der Waals surface area contributed by atoms with E-state index in [1.807, 2.05) is 13.8 Å². The number of rotatable bonds is 3. The lowest BCUT2D eigenvalue weighted by Crippen LogP contribution is -2.09. The second-order valence-electron chi connectivity index (χ2n) is 4.67. The quantitative estimate of drug-likeness (QED) is 0.798. The molecule has 0 unspecified atom stereocenters. The van der Waals surface area contributed by atoms with Gasteiger partial charge in [-0.15, -0.1) is 16.7 Å². The molecule has 0 saturated carbocycles. The van der Waals surface area contributed by atoms with Crippen LogP contribution in [0.25, 0.3) is 5.69 Å². The van der Waals surface area contributed by atoms with Gasteiger partial charge in [0.25, 0.3) is 0 Å². The van der Waals surface area contributed by atoms with Crippen molar-refractivity contribution < 1.29 is 13.2 Å². The Bertz CT molecular complexity index is 605. The van der Waals surface area contributed by atoms with Gasteiger partial charge in [0.05, 0.1) is 22.8 Å². The van der Waals surface area contributed by atoms with Crippen molar-refractivity contribution in [3.8, 4) is 5.69 Å². The van der Waals surface area contributed by atoms with Crippen LogP contribution in [0.2, 0.25) is 0 Å². The number of hydrogen-bond donors (Lipinski definition) is 0. The summed E-state index contributed by atoms with van der Waals surface area (Å²) in [4.78, 5) is 0. The summed E-state index contributed by atoms with van der Waals surface area (Å²) < 4.78 is 39.7. The van der Waals surface area contributed by atoms with E-state index in [2.05, 4.69) is 10.3 Å². The fraction of sp³-hybridized carbons (Fsp3) is 0.385. The fourth-order valence-corrected chi connectivity index (χ4v) is 2.19. The van der Waals surface area contributed by atoms with Crippen LogP contribution in [0.4, 0.5) is 13.2 Å². The molecular weight excluding hydrogens is 291 g/mol. The maximum atomic E-state index is 12.7. The van der Waals surface area contributed by atoms with Gasteiger partial charge in [-0.1, -0.05) is 25.1 Å². The third-order valence-corrected chi connectivity index (χ3v) is 3.12. The first-order chi connectivity index (χ1) is 9.34. The number of aromatic nitrogens is 3. The Kier molecular flexibility index (Phi) is 4.04. The minimum Gasteiger partial charge on any atom is -0.217 e. The van der Waals surface area contributed by atoms with Crippen LogP contribution in [0.3, 0.4) is 0 Å². The van der Waals surface area contributed by atoms with Gasteiger partial charge in [0, 0.05) is 0 Å². The highest BCUT2D eigenvalue weighted by Gasteiger charge is 2.31. The van der Waals surface area contributed by atoms with Gasteiger partial charge >= 0.3 is 6.18 Å². The van der Waals surface area contributed by atoms with Crippen LogP contribution in [0.5, 0.6) is 0 Å². The van der Waals surface area contributed by atoms with Crippen molar-refractivity contribution in [2.24, 2.45) is 0 Å². The Balaban J connectivity index is 2.55. The molecular formula is C13H13ClF3N3. The van der Waals surface area contributed by atoms with E-state index in [1.165, 1.54) is 10.7 Å². The lowest BCUT2D eigenvalue weighted by Gasteiger charge is -2.12. The summed E-state index contributed by atoms with van der Waals surface area (Å²) in [5.41, 5.74) is 0.915. The molecule has 0 atom stereocenters. The highest BCUT2D eigenvalue weighted by molar-refractivity contribution is 6.16. The van der Waals surface area contributed by atoms with Gasteiger partial charge in [-0.2, -0.15) is 13.2 Å². The van der Waals surface area contributed by atoms with E-state index >= 15 is 0 Å². The summed E-state index contributed by atoms with van der Waals surface area (Å²) in [6.45, 7) is 3.83. The van der Waals surface area contributed by atoms with Crippen molar-refractivity contribution in [2.45, 2.75) is 31.8 Å². The van der Waals surface area contributed by atoms with E-state index in [0.29, 0.717) is 11.4 Å². The van der Waals surface area contributed by atoms with Crippen molar-refractivity contribution in [3.63, 3.8) is 0 Å². The van der Waals surface area contributed by atoms with Gasteiger partial charge in [-0.25, -0.2) is 4.68 Å². The van der Waals surface area contributed by atoms with Crippen LogP contribution in [-0.2, 0) is 12.1 Å². The largest absolute Gasteiger partial charge is 0.416 e.